The van der Waals surface area contributed by atoms with Gasteiger partial charge in [-0.25, -0.2) is 0 Å². The minimum absolute atomic E-state index is 0.0776. The van der Waals surface area contributed by atoms with Gasteiger partial charge in [-0.2, -0.15) is 4.98 Å². The van der Waals surface area contributed by atoms with E-state index in [0.717, 1.165) is 44.3 Å². The van der Waals surface area contributed by atoms with Crippen molar-refractivity contribution in [2.24, 2.45) is 0 Å². The molecule has 0 aromatic carbocycles. The van der Waals surface area contributed by atoms with E-state index in [2.05, 4.69) is 48.1 Å². The van der Waals surface area contributed by atoms with Gasteiger partial charge in [-0.1, -0.05) is 39.3 Å². The largest absolute Gasteiger partial charge is 0.339 e. The van der Waals surface area contributed by atoms with E-state index in [-0.39, 0.29) is 5.41 Å². The van der Waals surface area contributed by atoms with Crippen molar-refractivity contribution in [1.82, 2.24) is 20.4 Å². The Labute approximate surface area is 128 Å². The molecule has 1 unspecified atom stereocenters. The number of piperidine rings is 1. The van der Waals surface area contributed by atoms with Crippen molar-refractivity contribution in [2.45, 2.75) is 71.4 Å². The van der Waals surface area contributed by atoms with Crippen molar-refractivity contribution in [1.29, 1.82) is 0 Å². The summed E-state index contributed by atoms with van der Waals surface area (Å²) < 4.78 is 5.39. The lowest BCUT2D eigenvalue weighted by Gasteiger charge is -2.29. The highest BCUT2D eigenvalue weighted by Crippen LogP contribution is 2.20. The van der Waals surface area contributed by atoms with Gasteiger partial charge in [0.1, 0.15) is 0 Å². The molecule has 21 heavy (non-hydrogen) atoms. The maximum absolute atomic E-state index is 5.39. The molecule has 0 saturated carbocycles. The Morgan fingerprint density at radius 2 is 2.14 bits per heavy atom. The third kappa shape index (κ3) is 5.08. The average Bonchev–Trinajstić information content (AvgIpc) is 2.89. The van der Waals surface area contributed by atoms with Gasteiger partial charge in [0, 0.05) is 18.0 Å². The fourth-order valence-electron chi connectivity index (χ4n) is 2.77. The summed E-state index contributed by atoms with van der Waals surface area (Å²) in [7, 11) is 0. The summed E-state index contributed by atoms with van der Waals surface area (Å²) in [6.45, 7) is 12.6. The van der Waals surface area contributed by atoms with Crippen LogP contribution in [0.25, 0.3) is 0 Å². The molecule has 1 aliphatic heterocycles. The molecule has 2 rings (SSSR count). The van der Waals surface area contributed by atoms with Crippen molar-refractivity contribution < 1.29 is 4.52 Å². The number of rotatable bonds is 6. The van der Waals surface area contributed by atoms with Crippen LogP contribution in [0.3, 0.4) is 0 Å². The zero-order chi connectivity index (χ0) is 15.3. The first-order valence-electron chi connectivity index (χ1n) is 8.28. The zero-order valence-electron chi connectivity index (χ0n) is 14.0. The predicted molar refractivity (Wildman–Crippen MR) is 84.2 cm³/mol. The van der Waals surface area contributed by atoms with E-state index < -0.39 is 0 Å². The molecule has 2 heterocycles. The van der Waals surface area contributed by atoms with Crippen LogP contribution in [-0.2, 0) is 12.0 Å². The molecule has 1 N–H and O–H groups in total. The van der Waals surface area contributed by atoms with Gasteiger partial charge >= 0.3 is 0 Å². The molecular weight excluding hydrogens is 264 g/mol. The third-order valence-electron chi connectivity index (χ3n) is 3.91. The number of aromatic nitrogens is 2. The minimum Gasteiger partial charge on any atom is -0.339 e. The highest BCUT2D eigenvalue weighted by molar-refractivity contribution is 4.98. The molecule has 0 radical (unpaired) electrons. The summed E-state index contributed by atoms with van der Waals surface area (Å²) in [6, 6.07) is 0.610. The van der Waals surface area contributed by atoms with Crippen molar-refractivity contribution in [2.75, 3.05) is 19.6 Å². The lowest BCUT2D eigenvalue weighted by atomic mass is 9.97. The monoisotopic (exact) mass is 294 g/mol. The average molecular weight is 294 g/mol. The molecule has 120 valence electrons. The fourth-order valence-corrected chi connectivity index (χ4v) is 2.77. The molecule has 0 spiro atoms. The number of nitrogens with one attached hydrogen (secondary N) is 1. The van der Waals surface area contributed by atoms with Crippen LogP contribution >= 0.6 is 0 Å². The third-order valence-corrected chi connectivity index (χ3v) is 3.91. The summed E-state index contributed by atoms with van der Waals surface area (Å²) in [5.74, 6) is 1.54. The van der Waals surface area contributed by atoms with Crippen LogP contribution < -0.4 is 5.32 Å². The summed E-state index contributed by atoms with van der Waals surface area (Å²) in [5, 5.41) is 7.77. The number of hydrogen-bond donors (Lipinski definition) is 1. The van der Waals surface area contributed by atoms with Crippen LogP contribution in [0.4, 0.5) is 0 Å². The Kier molecular flexibility index (Phi) is 5.76. The Bertz CT molecular complexity index is 418. The van der Waals surface area contributed by atoms with Crippen molar-refractivity contribution >= 4 is 0 Å². The second-order valence-corrected chi connectivity index (χ2v) is 7.15. The molecular formula is C16H30N4O. The van der Waals surface area contributed by atoms with E-state index in [0.29, 0.717) is 6.04 Å². The van der Waals surface area contributed by atoms with Crippen LogP contribution in [0, 0.1) is 0 Å². The molecule has 1 saturated heterocycles. The van der Waals surface area contributed by atoms with E-state index in [1.807, 2.05) is 0 Å². The van der Waals surface area contributed by atoms with Crippen LogP contribution in [0.5, 0.6) is 0 Å². The smallest absolute Gasteiger partial charge is 0.232 e. The van der Waals surface area contributed by atoms with Gasteiger partial charge in [-0.15, -0.1) is 0 Å². The molecule has 0 aliphatic carbocycles. The van der Waals surface area contributed by atoms with Crippen molar-refractivity contribution in [3.8, 4) is 0 Å². The van der Waals surface area contributed by atoms with Crippen LogP contribution in [0.15, 0.2) is 4.52 Å². The molecule has 5 heteroatoms. The zero-order valence-corrected chi connectivity index (χ0v) is 14.0. The Balaban J connectivity index is 1.93. The molecule has 1 atom stereocenters. The SMILES string of the molecule is CCCN(Cc1noc(C(C)(C)C)n1)CC1CCCCN1. The molecule has 1 aromatic rings. The second kappa shape index (κ2) is 7.36. The maximum Gasteiger partial charge on any atom is 0.232 e. The van der Waals surface area contributed by atoms with Gasteiger partial charge in [0.05, 0.1) is 6.54 Å². The van der Waals surface area contributed by atoms with Crippen molar-refractivity contribution in [3.05, 3.63) is 11.7 Å². The normalized spacial score (nSPS) is 20.1. The highest BCUT2D eigenvalue weighted by atomic mass is 16.5. The summed E-state index contributed by atoms with van der Waals surface area (Å²) >= 11 is 0. The Morgan fingerprint density at radius 3 is 2.71 bits per heavy atom. The van der Waals surface area contributed by atoms with Crippen LogP contribution in [0.2, 0.25) is 0 Å². The molecule has 5 nitrogen and oxygen atoms in total. The van der Waals surface area contributed by atoms with Crippen LogP contribution in [-0.4, -0.2) is 40.7 Å². The lowest BCUT2D eigenvalue weighted by Crippen LogP contribution is -2.43. The summed E-state index contributed by atoms with van der Waals surface area (Å²) in [5.41, 5.74) is -0.0776. The first-order chi connectivity index (χ1) is 9.99. The van der Waals surface area contributed by atoms with Gasteiger partial charge in [-0.3, -0.25) is 4.90 Å². The van der Waals surface area contributed by atoms with E-state index in [1.165, 1.54) is 19.3 Å². The topological polar surface area (TPSA) is 54.2 Å². The highest BCUT2D eigenvalue weighted by Gasteiger charge is 2.23. The van der Waals surface area contributed by atoms with Gasteiger partial charge in [0.15, 0.2) is 5.82 Å². The Morgan fingerprint density at radius 1 is 1.33 bits per heavy atom. The van der Waals surface area contributed by atoms with E-state index in [1.54, 1.807) is 0 Å². The van der Waals surface area contributed by atoms with Crippen molar-refractivity contribution in [3.63, 3.8) is 0 Å². The molecule has 1 aromatic heterocycles. The summed E-state index contributed by atoms with van der Waals surface area (Å²) in [6.07, 6.45) is 5.08. The van der Waals surface area contributed by atoms with Crippen LogP contribution in [0.1, 0.15) is 65.1 Å². The minimum atomic E-state index is -0.0776. The van der Waals surface area contributed by atoms with E-state index in [9.17, 15) is 0 Å². The molecule has 0 bridgehead atoms. The fraction of sp³-hybridized carbons (Fsp3) is 0.875. The second-order valence-electron chi connectivity index (χ2n) is 7.15. The van der Waals surface area contributed by atoms with Gasteiger partial charge in [0.2, 0.25) is 5.89 Å². The first kappa shape index (κ1) is 16.4. The molecule has 1 aliphatic rings. The summed E-state index contributed by atoms with van der Waals surface area (Å²) in [4.78, 5) is 7.00. The van der Waals surface area contributed by atoms with Gasteiger partial charge < -0.3 is 9.84 Å². The molecule has 0 amide bonds. The predicted octanol–water partition coefficient (Wildman–Crippen LogP) is 2.72. The number of nitrogens with zero attached hydrogens (tertiary/aromatic N) is 3. The van der Waals surface area contributed by atoms with Gasteiger partial charge in [-0.05, 0) is 32.4 Å². The Hall–Kier alpha value is -0.940. The van der Waals surface area contributed by atoms with Gasteiger partial charge in [0.25, 0.3) is 0 Å². The first-order valence-corrected chi connectivity index (χ1v) is 8.28. The van der Waals surface area contributed by atoms with E-state index >= 15 is 0 Å². The standard InChI is InChI=1S/C16H30N4O/c1-5-10-20(11-13-8-6-7-9-17-13)12-14-18-15(21-19-14)16(2,3)4/h13,17H,5-12H2,1-4H3. The quantitative estimate of drug-likeness (QED) is 0.874. The van der Waals surface area contributed by atoms with E-state index in [4.69, 9.17) is 4.52 Å². The lowest BCUT2D eigenvalue weighted by molar-refractivity contribution is 0.210. The number of hydrogen-bond acceptors (Lipinski definition) is 5. The molecule has 1 fully saturated rings. The maximum atomic E-state index is 5.39.